The van der Waals surface area contributed by atoms with Gasteiger partial charge in [0, 0.05) is 61.5 Å². The minimum Gasteiger partial charge on any atom is -0.461 e. The zero-order chi connectivity index (χ0) is 32.9. The fraction of sp³-hybridized carbons (Fsp3) is 0.500. The fourth-order valence-corrected chi connectivity index (χ4v) is 9.41. The Hall–Kier alpha value is -3.39. The van der Waals surface area contributed by atoms with Gasteiger partial charge in [0.1, 0.15) is 36.0 Å². The largest absolute Gasteiger partial charge is 0.461 e. The van der Waals surface area contributed by atoms with Gasteiger partial charge in [-0.15, -0.1) is 11.3 Å². The van der Waals surface area contributed by atoms with E-state index in [2.05, 4.69) is 15.2 Å². The highest BCUT2D eigenvalue weighted by Crippen LogP contribution is 2.45. The summed E-state index contributed by atoms with van der Waals surface area (Å²) in [5.41, 5.74) is 6.07. The maximum absolute atomic E-state index is 16.9. The molecule has 5 aliphatic rings. The Morgan fingerprint density at radius 1 is 1.12 bits per heavy atom. The van der Waals surface area contributed by atoms with Crippen molar-refractivity contribution in [1.29, 1.82) is 0 Å². The molecule has 0 unspecified atom stereocenters. The molecule has 48 heavy (non-hydrogen) atoms. The van der Waals surface area contributed by atoms with Gasteiger partial charge >= 0.3 is 6.01 Å². The number of hydrogen-bond donors (Lipinski definition) is 2. The third kappa shape index (κ3) is 5.07. The van der Waals surface area contributed by atoms with E-state index < -0.39 is 23.3 Å². The van der Waals surface area contributed by atoms with Crippen LogP contribution in [0.1, 0.15) is 32.1 Å². The highest BCUT2D eigenvalue weighted by Gasteiger charge is 2.52. The van der Waals surface area contributed by atoms with Gasteiger partial charge in [-0.1, -0.05) is 17.7 Å². The molecule has 0 radical (unpaired) electrons. The lowest BCUT2D eigenvalue weighted by molar-refractivity contribution is -0.131. The van der Waals surface area contributed by atoms with Crippen molar-refractivity contribution in [2.45, 2.75) is 55.9 Å². The molecule has 4 aromatic rings. The van der Waals surface area contributed by atoms with E-state index in [1.807, 2.05) is 9.80 Å². The number of halogens is 4. The highest BCUT2D eigenvalue weighted by molar-refractivity contribution is 7.22. The molecule has 1 saturated carbocycles. The zero-order valence-corrected chi connectivity index (χ0v) is 27.7. The minimum absolute atomic E-state index is 0.00908. The second kappa shape index (κ2) is 11.3. The van der Waals surface area contributed by atoms with E-state index >= 15 is 4.39 Å². The topological polar surface area (TPSA) is 110 Å². The number of carbonyl (C=O) groups excluding carboxylic acids is 1. The van der Waals surface area contributed by atoms with Crippen molar-refractivity contribution in [2.75, 3.05) is 56.5 Å². The molecule has 1 aliphatic carbocycles. The maximum atomic E-state index is 16.9. The number of rotatable bonds is 7. The number of carbonyl (C=O) groups is 1. The van der Waals surface area contributed by atoms with Crippen LogP contribution in [0.3, 0.4) is 0 Å². The van der Waals surface area contributed by atoms with Crippen LogP contribution in [0.15, 0.2) is 24.3 Å². The van der Waals surface area contributed by atoms with Crippen LogP contribution in [-0.4, -0.2) is 95.3 Å². The Kier molecular flexibility index (Phi) is 7.23. The summed E-state index contributed by atoms with van der Waals surface area (Å²) < 4.78 is 52.6. The number of hydrogen-bond acceptors (Lipinski definition) is 9. The molecule has 1 amide bonds. The van der Waals surface area contributed by atoms with Gasteiger partial charge < -0.3 is 20.3 Å². The number of benzene rings is 2. The summed E-state index contributed by atoms with van der Waals surface area (Å²) >= 11 is 7.93. The van der Waals surface area contributed by atoms with Gasteiger partial charge in [-0.3, -0.25) is 15.0 Å². The third-order valence-corrected chi connectivity index (χ3v) is 12.2. The van der Waals surface area contributed by atoms with Crippen LogP contribution in [0, 0.1) is 17.6 Å². The smallest absolute Gasteiger partial charge is 0.319 e. The number of alkyl halides is 1. The van der Waals surface area contributed by atoms with Crippen LogP contribution < -0.4 is 20.7 Å². The molecule has 0 bridgehead atoms. The van der Waals surface area contributed by atoms with E-state index in [9.17, 15) is 13.6 Å². The van der Waals surface area contributed by atoms with Gasteiger partial charge in [-0.25, -0.2) is 13.2 Å². The summed E-state index contributed by atoms with van der Waals surface area (Å²) in [7, 11) is 0. The molecule has 3 N–H and O–H groups in total. The summed E-state index contributed by atoms with van der Waals surface area (Å²) in [5, 5.41) is 4.73. The van der Waals surface area contributed by atoms with Crippen molar-refractivity contribution in [3.05, 3.63) is 40.9 Å². The number of fused-ring (bicyclic) bond motifs is 3. The number of ether oxygens (including phenoxy) is 1. The van der Waals surface area contributed by atoms with Crippen LogP contribution in [0.2, 0.25) is 5.02 Å². The van der Waals surface area contributed by atoms with Crippen LogP contribution in [0.5, 0.6) is 6.01 Å². The van der Waals surface area contributed by atoms with Crippen LogP contribution in [0.4, 0.5) is 24.0 Å². The number of nitrogens with two attached hydrogens (primary N) is 1. The number of thiophene rings is 1. The second-order valence-electron chi connectivity index (χ2n) is 13.9. The number of piperazine rings is 1. The Bertz CT molecular complexity index is 1970. The summed E-state index contributed by atoms with van der Waals surface area (Å²) in [6.45, 7) is 3.32. The SMILES string of the molecule is Nc1cc2c(-c3c(Cl)cc4c(N5CCN(C(=O)[C@@H]6N[C@H]6C6CC6)CC5)nc(OC[C@@]56CCCN5C[C@H](F)C6)nc4c3F)ccc(F)c2s1. The summed E-state index contributed by atoms with van der Waals surface area (Å²) in [4.78, 5) is 28.6. The molecule has 4 aliphatic heterocycles. The molecule has 2 aromatic heterocycles. The van der Waals surface area contributed by atoms with Gasteiger partial charge in [0.25, 0.3) is 0 Å². The molecular formula is C34H35ClF3N7O2S. The summed E-state index contributed by atoms with van der Waals surface area (Å²) in [6, 6.07) is 6.24. The predicted molar refractivity (Wildman–Crippen MR) is 180 cm³/mol. The highest BCUT2D eigenvalue weighted by atomic mass is 35.5. The first kappa shape index (κ1) is 30.7. The van der Waals surface area contributed by atoms with E-state index in [0.29, 0.717) is 83.0 Å². The molecule has 4 atom stereocenters. The molecule has 14 heteroatoms. The molecule has 6 heterocycles. The molecule has 4 saturated heterocycles. The third-order valence-electron chi connectivity index (χ3n) is 10.9. The van der Waals surface area contributed by atoms with Crippen molar-refractivity contribution in [3.8, 4) is 17.1 Å². The molecule has 5 fully saturated rings. The Labute approximate surface area is 284 Å². The first-order chi connectivity index (χ1) is 23.2. The van der Waals surface area contributed by atoms with Gasteiger partial charge in [-0.05, 0) is 61.9 Å². The minimum atomic E-state index is -0.924. The van der Waals surface area contributed by atoms with E-state index in [1.165, 1.54) is 25.0 Å². The number of amides is 1. The van der Waals surface area contributed by atoms with Gasteiger partial charge in [0.05, 0.1) is 20.3 Å². The van der Waals surface area contributed by atoms with Crippen LogP contribution in [0.25, 0.3) is 32.1 Å². The molecule has 252 valence electrons. The first-order valence-electron chi connectivity index (χ1n) is 16.7. The monoisotopic (exact) mass is 697 g/mol. The average Bonchev–Trinajstić information content (AvgIpc) is 3.96. The Morgan fingerprint density at radius 2 is 1.94 bits per heavy atom. The molecule has 9 nitrogen and oxygen atoms in total. The fourth-order valence-electron chi connectivity index (χ4n) is 8.26. The molecular weight excluding hydrogens is 663 g/mol. The molecule has 0 spiro atoms. The van der Waals surface area contributed by atoms with Crippen molar-refractivity contribution < 1.29 is 22.7 Å². The normalized spacial score (nSPS) is 27.3. The Morgan fingerprint density at radius 3 is 2.73 bits per heavy atom. The summed E-state index contributed by atoms with van der Waals surface area (Å²) in [6.07, 6.45) is 3.58. The van der Waals surface area contributed by atoms with E-state index in [0.717, 1.165) is 30.7 Å². The lowest BCUT2D eigenvalue weighted by Crippen LogP contribution is -2.50. The van der Waals surface area contributed by atoms with Crippen molar-refractivity contribution in [3.63, 3.8) is 0 Å². The zero-order valence-electron chi connectivity index (χ0n) is 26.2. The van der Waals surface area contributed by atoms with Gasteiger partial charge in [-0.2, -0.15) is 9.97 Å². The Balaban J connectivity index is 1.08. The number of nitrogens with one attached hydrogen (secondary N) is 1. The predicted octanol–water partition coefficient (Wildman–Crippen LogP) is 5.38. The lowest BCUT2D eigenvalue weighted by Gasteiger charge is -2.36. The van der Waals surface area contributed by atoms with E-state index in [1.54, 1.807) is 12.1 Å². The number of nitrogens with zero attached hydrogens (tertiary/aromatic N) is 5. The van der Waals surface area contributed by atoms with Gasteiger partial charge in [0.15, 0.2) is 5.82 Å². The van der Waals surface area contributed by atoms with E-state index in [4.69, 9.17) is 27.1 Å². The van der Waals surface area contributed by atoms with Crippen molar-refractivity contribution in [1.82, 2.24) is 25.1 Å². The first-order valence-corrected chi connectivity index (χ1v) is 17.9. The van der Waals surface area contributed by atoms with Crippen LogP contribution >= 0.6 is 22.9 Å². The number of aromatic nitrogens is 2. The van der Waals surface area contributed by atoms with E-state index in [-0.39, 0.29) is 40.7 Å². The van der Waals surface area contributed by atoms with Crippen LogP contribution in [-0.2, 0) is 4.79 Å². The lowest BCUT2D eigenvalue weighted by atomic mass is 9.95. The summed E-state index contributed by atoms with van der Waals surface area (Å²) in [5.74, 6) is 0.0661. The second-order valence-corrected chi connectivity index (χ2v) is 15.4. The quantitative estimate of drug-likeness (QED) is 0.248. The maximum Gasteiger partial charge on any atom is 0.319 e. The van der Waals surface area contributed by atoms with Crippen molar-refractivity contribution >= 4 is 60.7 Å². The number of anilines is 2. The van der Waals surface area contributed by atoms with Crippen molar-refractivity contribution in [2.24, 2.45) is 5.92 Å². The molecule has 2 aromatic carbocycles. The average molecular weight is 698 g/mol. The number of nitrogen functional groups attached to an aromatic ring is 1. The van der Waals surface area contributed by atoms with Gasteiger partial charge in [0.2, 0.25) is 5.91 Å². The molecule has 9 rings (SSSR count). The standard InChI is InChI=1S/C34H35ClF3N7O2S/c35-22-12-21-28(26(38)25(22)19-4-5-23(37)30-20(19)13-24(39)48-30)41-33(47-16-34-6-1-7-45(34)15-18(36)14-34)42-31(21)43-8-10-44(11-9-43)32(46)29-27(40-29)17-2-3-17/h4-5,12-13,17-18,27,29,40H,1-3,6-11,14-16,39H2/t18-,27+,29-,34+/m1/s1.